The van der Waals surface area contributed by atoms with Crippen LogP contribution in [0.1, 0.15) is 24.8 Å². The van der Waals surface area contributed by atoms with Crippen molar-refractivity contribution in [2.45, 2.75) is 31.8 Å². The molecule has 2 unspecified atom stereocenters. The molecule has 1 N–H and O–H groups in total. The monoisotopic (exact) mass is 281 g/mol. The molecule has 4 heteroatoms. The molecule has 1 aliphatic carbocycles. The predicted molar refractivity (Wildman–Crippen MR) is 73.5 cm³/mol. The van der Waals surface area contributed by atoms with Crippen LogP contribution in [0.2, 0.25) is 0 Å². The lowest BCUT2D eigenvalue weighted by atomic mass is 9.74. The Balaban J connectivity index is 1.84. The lowest BCUT2D eigenvalue weighted by Crippen LogP contribution is -2.42. The Labute approximate surface area is 118 Å². The van der Waals surface area contributed by atoms with Gasteiger partial charge in [-0.15, -0.1) is 0 Å². The molecule has 110 valence electrons. The lowest BCUT2D eigenvalue weighted by Gasteiger charge is -2.34. The third-order valence-corrected chi connectivity index (χ3v) is 4.62. The number of rotatable bonds is 5. The van der Waals surface area contributed by atoms with Gasteiger partial charge < -0.3 is 10.1 Å². The van der Waals surface area contributed by atoms with Crippen LogP contribution < -0.4 is 5.32 Å². The zero-order valence-corrected chi connectivity index (χ0v) is 11.8. The largest absolute Gasteiger partial charge is 0.377 e. The van der Waals surface area contributed by atoms with Gasteiger partial charge in [0.2, 0.25) is 0 Å². The van der Waals surface area contributed by atoms with Gasteiger partial charge >= 0.3 is 0 Å². The van der Waals surface area contributed by atoms with E-state index in [1.165, 1.54) is 25.0 Å². The molecule has 1 heterocycles. The molecule has 2 nitrogen and oxygen atoms in total. The summed E-state index contributed by atoms with van der Waals surface area (Å²) < 4.78 is 32.4. The van der Waals surface area contributed by atoms with Crippen molar-refractivity contribution in [3.05, 3.63) is 35.4 Å². The molecule has 0 bridgehead atoms. The van der Waals surface area contributed by atoms with Crippen molar-refractivity contribution in [3.63, 3.8) is 0 Å². The maximum absolute atomic E-state index is 13.4. The molecule has 0 radical (unpaired) electrons. The Kier molecular flexibility index (Phi) is 3.78. The molecule has 0 spiro atoms. The first kappa shape index (κ1) is 14.0. The number of hydrogen-bond donors (Lipinski definition) is 1. The second-order valence-electron chi connectivity index (χ2n) is 6.20. The highest BCUT2D eigenvalue weighted by atomic mass is 19.2. The molecule has 0 amide bonds. The average molecular weight is 281 g/mol. The summed E-state index contributed by atoms with van der Waals surface area (Å²) >= 11 is 0. The van der Waals surface area contributed by atoms with Gasteiger partial charge in [-0.2, -0.15) is 0 Å². The van der Waals surface area contributed by atoms with E-state index in [0.29, 0.717) is 5.92 Å². The molecular weight excluding hydrogens is 260 g/mol. The smallest absolute Gasteiger partial charge is 0.159 e. The maximum atomic E-state index is 13.4. The van der Waals surface area contributed by atoms with Crippen LogP contribution in [-0.4, -0.2) is 26.3 Å². The molecule has 0 aromatic heterocycles. The maximum Gasteiger partial charge on any atom is 0.159 e. The Morgan fingerprint density at radius 2 is 2.10 bits per heavy atom. The first-order chi connectivity index (χ1) is 9.64. The van der Waals surface area contributed by atoms with E-state index in [9.17, 15) is 8.78 Å². The summed E-state index contributed by atoms with van der Waals surface area (Å²) in [7, 11) is 1.94. The van der Waals surface area contributed by atoms with Gasteiger partial charge in [0.05, 0.1) is 6.10 Å². The van der Waals surface area contributed by atoms with Crippen LogP contribution in [0, 0.1) is 23.0 Å². The summed E-state index contributed by atoms with van der Waals surface area (Å²) in [5.41, 5.74) is 0.871. The van der Waals surface area contributed by atoms with Crippen molar-refractivity contribution in [3.8, 4) is 0 Å². The highest BCUT2D eigenvalue weighted by molar-refractivity contribution is 5.21. The van der Waals surface area contributed by atoms with Crippen molar-refractivity contribution in [1.82, 2.24) is 5.32 Å². The van der Waals surface area contributed by atoms with Crippen molar-refractivity contribution in [2.75, 3.05) is 20.2 Å². The van der Waals surface area contributed by atoms with Crippen molar-refractivity contribution in [1.29, 1.82) is 0 Å². The summed E-state index contributed by atoms with van der Waals surface area (Å²) in [6, 6.07) is 4.24. The molecule has 2 fully saturated rings. The molecule has 1 aromatic carbocycles. The molecule has 1 aliphatic heterocycles. The highest BCUT2D eigenvalue weighted by Gasteiger charge is 2.50. The third-order valence-electron chi connectivity index (χ3n) is 4.62. The van der Waals surface area contributed by atoms with Crippen LogP contribution in [0.4, 0.5) is 8.78 Å². The van der Waals surface area contributed by atoms with Crippen LogP contribution in [0.5, 0.6) is 0 Å². The fourth-order valence-electron chi connectivity index (χ4n) is 3.59. The Morgan fingerprint density at radius 1 is 1.30 bits per heavy atom. The fraction of sp³-hybridized carbons (Fsp3) is 0.625. The predicted octanol–water partition coefficient (Wildman–Crippen LogP) is 2.91. The first-order valence-corrected chi connectivity index (χ1v) is 7.35. The van der Waals surface area contributed by atoms with E-state index in [1.807, 2.05) is 7.05 Å². The van der Waals surface area contributed by atoms with Gasteiger partial charge in [-0.05, 0) is 56.3 Å². The van der Waals surface area contributed by atoms with E-state index in [0.717, 1.165) is 31.6 Å². The number of benzene rings is 1. The van der Waals surface area contributed by atoms with Crippen LogP contribution in [0.25, 0.3) is 0 Å². The number of ether oxygens (including phenoxy) is 1. The summed E-state index contributed by atoms with van der Waals surface area (Å²) in [5.74, 6) is -0.891. The fourth-order valence-corrected chi connectivity index (χ4v) is 3.59. The topological polar surface area (TPSA) is 21.3 Å². The summed E-state index contributed by atoms with van der Waals surface area (Å²) in [5, 5.41) is 3.26. The molecular formula is C16H21F2NO. The van der Waals surface area contributed by atoms with Crippen molar-refractivity contribution >= 4 is 0 Å². The van der Waals surface area contributed by atoms with E-state index in [1.54, 1.807) is 6.07 Å². The normalized spacial score (nSPS) is 29.9. The number of halogens is 2. The molecule has 20 heavy (non-hydrogen) atoms. The summed E-state index contributed by atoms with van der Waals surface area (Å²) in [6.07, 6.45) is 4.44. The SMILES string of the molecule is CNCC1(Cc2ccc(F)c(F)c2)CCOC1C1CC1. The standard InChI is InChI=1S/C16H21F2NO/c1-19-10-16(6-7-20-15(16)12-3-4-12)9-11-2-5-13(17)14(18)8-11/h2,5,8,12,15,19H,3-4,6-7,9-10H2,1H3. The van der Waals surface area contributed by atoms with Crippen LogP contribution in [0.3, 0.4) is 0 Å². The zero-order chi connectivity index (χ0) is 14.2. The van der Waals surface area contributed by atoms with Gasteiger partial charge in [0.15, 0.2) is 11.6 Å². The van der Waals surface area contributed by atoms with E-state index in [2.05, 4.69) is 5.32 Å². The zero-order valence-electron chi connectivity index (χ0n) is 11.8. The van der Waals surface area contributed by atoms with Gasteiger partial charge in [0.25, 0.3) is 0 Å². The minimum Gasteiger partial charge on any atom is -0.377 e. The molecule has 1 saturated carbocycles. The second kappa shape index (κ2) is 5.41. The Bertz CT molecular complexity index is 489. The highest BCUT2D eigenvalue weighted by Crippen LogP contribution is 2.49. The number of nitrogens with one attached hydrogen (secondary N) is 1. The summed E-state index contributed by atoms with van der Waals surface area (Å²) in [4.78, 5) is 0. The third kappa shape index (κ3) is 2.59. The minimum atomic E-state index is -0.780. The summed E-state index contributed by atoms with van der Waals surface area (Å²) in [6.45, 7) is 1.62. The minimum absolute atomic E-state index is 0.0141. The molecule has 3 rings (SSSR count). The van der Waals surface area contributed by atoms with Crippen molar-refractivity contribution in [2.24, 2.45) is 11.3 Å². The Morgan fingerprint density at radius 3 is 2.75 bits per heavy atom. The van der Waals surface area contributed by atoms with Crippen molar-refractivity contribution < 1.29 is 13.5 Å². The first-order valence-electron chi connectivity index (χ1n) is 7.35. The van der Waals surface area contributed by atoms with E-state index in [-0.39, 0.29) is 11.5 Å². The van der Waals surface area contributed by atoms with Crippen LogP contribution in [-0.2, 0) is 11.2 Å². The molecule has 2 atom stereocenters. The van der Waals surface area contributed by atoms with Crippen LogP contribution >= 0.6 is 0 Å². The molecule has 1 aromatic rings. The molecule has 1 saturated heterocycles. The molecule has 2 aliphatic rings. The van der Waals surface area contributed by atoms with Gasteiger partial charge in [-0.1, -0.05) is 6.07 Å². The lowest BCUT2D eigenvalue weighted by molar-refractivity contribution is 0.0314. The number of hydrogen-bond acceptors (Lipinski definition) is 2. The van der Waals surface area contributed by atoms with Gasteiger partial charge in [0, 0.05) is 18.6 Å². The van der Waals surface area contributed by atoms with E-state index >= 15 is 0 Å². The Hall–Kier alpha value is -1.00. The van der Waals surface area contributed by atoms with Crippen LogP contribution in [0.15, 0.2) is 18.2 Å². The quantitative estimate of drug-likeness (QED) is 0.896. The van der Waals surface area contributed by atoms with Gasteiger partial charge in [0.1, 0.15) is 0 Å². The van der Waals surface area contributed by atoms with E-state index in [4.69, 9.17) is 4.74 Å². The average Bonchev–Trinajstić information content (AvgIpc) is 3.17. The van der Waals surface area contributed by atoms with Gasteiger partial charge in [-0.25, -0.2) is 8.78 Å². The second-order valence-corrected chi connectivity index (χ2v) is 6.20. The van der Waals surface area contributed by atoms with E-state index < -0.39 is 11.6 Å². The van der Waals surface area contributed by atoms with Gasteiger partial charge in [-0.3, -0.25) is 0 Å².